The van der Waals surface area contributed by atoms with Crippen LogP contribution in [0, 0.1) is 17.6 Å². The number of hydrogen-bond acceptors (Lipinski definition) is 5. The number of aromatic nitrogens is 1. The molecule has 10 heteroatoms. The standard InChI is InChI=1S/C26H31F2N3O5/c1-4-5-8-36-23-21-25(35)30(15(2)3)14-26(10-17(26)13-32)31(21)12-19(22(23)33)24(34)29-11-16-6-7-18(27)9-20(16)28/h6-7,9,12,15,17,32H,4-5,8,10-11,13-14H2,1-3H3,(H,29,34)/t17-,26-/m1/s1. The number of unbranched alkanes of at least 4 members (excludes halogenated alkanes) is 1. The Kier molecular flexibility index (Phi) is 7.17. The fourth-order valence-electron chi connectivity index (χ4n) is 4.78. The second-order valence-corrected chi connectivity index (χ2v) is 9.75. The molecule has 1 aliphatic heterocycles. The highest BCUT2D eigenvalue weighted by molar-refractivity contribution is 5.99. The summed E-state index contributed by atoms with van der Waals surface area (Å²) < 4.78 is 34.7. The van der Waals surface area contributed by atoms with E-state index >= 15 is 0 Å². The van der Waals surface area contributed by atoms with Crippen LogP contribution < -0.4 is 15.5 Å². The summed E-state index contributed by atoms with van der Waals surface area (Å²) in [5.41, 5.74) is -1.50. The molecule has 8 nitrogen and oxygen atoms in total. The molecule has 4 rings (SSSR count). The van der Waals surface area contributed by atoms with Crippen molar-refractivity contribution in [3.05, 3.63) is 63.1 Å². The number of aliphatic hydroxyl groups excluding tert-OH is 1. The lowest BCUT2D eigenvalue weighted by atomic mass is 10.0. The number of pyridine rings is 1. The number of aliphatic hydroxyl groups is 1. The van der Waals surface area contributed by atoms with Gasteiger partial charge in [-0.25, -0.2) is 8.78 Å². The normalized spacial score (nSPS) is 20.6. The summed E-state index contributed by atoms with van der Waals surface area (Å²) in [4.78, 5) is 41.7. The van der Waals surface area contributed by atoms with Gasteiger partial charge in [0.15, 0.2) is 11.4 Å². The molecule has 36 heavy (non-hydrogen) atoms. The third kappa shape index (κ3) is 4.50. The summed E-state index contributed by atoms with van der Waals surface area (Å²) in [7, 11) is 0. The van der Waals surface area contributed by atoms with Crippen LogP contribution in [0.15, 0.2) is 29.2 Å². The third-order valence-electron chi connectivity index (χ3n) is 7.04. The van der Waals surface area contributed by atoms with Crippen LogP contribution in [-0.2, 0) is 12.1 Å². The minimum absolute atomic E-state index is 0.0593. The Morgan fingerprint density at radius 2 is 2.06 bits per heavy atom. The lowest BCUT2D eigenvalue weighted by Gasteiger charge is -2.40. The maximum Gasteiger partial charge on any atom is 0.274 e. The molecular formula is C26H31F2N3O5. The van der Waals surface area contributed by atoms with Crippen molar-refractivity contribution in [3.8, 4) is 5.75 Å². The SMILES string of the molecule is CCCCOc1c2n(cc(C(=O)NCc3ccc(F)cc3F)c1=O)[C@]1(C[C@@H]1CO)CN(C(C)C)C2=O. The topological polar surface area (TPSA) is 101 Å². The fraction of sp³-hybridized carbons (Fsp3) is 0.500. The van der Waals surface area contributed by atoms with Crippen molar-refractivity contribution in [2.75, 3.05) is 19.8 Å². The number of nitrogens with one attached hydrogen (secondary N) is 1. The number of amides is 2. The van der Waals surface area contributed by atoms with Crippen LogP contribution in [0.2, 0.25) is 0 Å². The van der Waals surface area contributed by atoms with Crippen molar-refractivity contribution in [3.63, 3.8) is 0 Å². The summed E-state index contributed by atoms with van der Waals surface area (Å²) in [6, 6.07) is 2.87. The van der Waals surface area contributed by atoms with E-state index in [9.17, 15) is 28.3 Å². The molecule has 2 aromatic rings. The van der Waals surface area contributed by atoms with Crippen molar-refractivity contribution < 1.29 is 28.2 Å². The van der Waals surface area contributed by atoms with Gasteiger partial charge in [-0.15, -0.1) is 0 Å². The van der Waals surface area contributed by atoms with Crippen LogP contribution in [0.1, 0.15) is 66.4 Å². The van der Waals surface area contributed by atoms with Crippen molar-refractivity contribution >= 4 is 11.8 Å². The Morgan fingerprint density at radius 1 is 1.31 bits per heavy atom. The number of carbonyl (C=O) groups excluding carboxylic acids is 2. The van der Waals surface area contributed by atoms with E-state index < -0.39 is 28.5 Å². The van der Waals surface area contributed by atoms with Crippen molar-refractivity contribution in [2.45, 2.75) is 58.2 Å². The smallest absolute Gasteiger partial charge is 0.274 e. The Labute approximate surface area is 207 Å². The highest BCUT2D eigenvalue weighted by atomic mass is 19.1. The average Bonchev–Trinajstić information content (AvgIpc) is 3.55. The summed E-state index contributed by atoms with van der Waals surface area (Å²) >= 11 is 0. The molecule has 0 unspecified atom stereocenters. The van der Waals surface area contributed by atoms with Gasteiger partial charge in [0.05, 0.1) is 12.1 Å². The molecule has 1 aliphatic carbocycles. The fourth-order valence-corrected chi connectivity index (χ4v) is 4.78. The second-order valence-electron chi connectivity index (χ2n) is 9.75. The first-order valence-electron chi connectivity index (χ1n) is 12.2. The van der Waals surface area contributed by atoms with Gasteiger partial charge in [-0.2, -0.15) is 0 Å². The first kappa shape index (κ1) is 25.8. The number of hydrogen-bond donors (Lipinski definition) is 2. The highest BCUT2D eigenvalue weighted by Gasteiger charge is 2.60. The Hall–Kier alpha value is -3.27. The number of ether oxygens (including phenoxy) is 1. The second kappa shape index (κ2) is 10.0. The molecule has 1 fully saturated rings. The van der Waals surface area contributed by atoms with Crippen LogP contribution in [0.25, 0.3) is 0 Å². The molecule has 0 radical (unpaired) electrons. The minimum Gasteiger partial charge on any atom is -0.487 e. The predicted molar refractivity (Wildman–Crippen MR) is 128 cm³/mol. The van der Waals surface area contributed by atoms with Gasteiger partial charge in [0, 0.05) is 49.5 Å². The van der Waals surface area contributed by atoms with E-state index in [4.69, 9.17) is 4.74 Å². The third-order valence-corrected chi connectivity index (χ3v) is 7.04. The van der Waals surface area contributed by atoms with Gasteiger partial charge in [0.2, 0.25) is 5.43 Å². The number of halogens is 2. The van der Waals surface area contributed by atoms with Crippen molar-refractivity contribution in [1.29, 1.82) is 0 Å². The maximum absolute atomic E-state index is 14.0. The van der Waals surface area contributed by atoms with E-state index in [-0.39, 0.29) is 60.2 Å². The van der Waals surface area contributed by atoms with Crippen LogP contribution in [-0.4, -0.2) is 52.2 Å². The van der Waals surface area contributed by atoms with Gasteiger partial charge < -0.3 is 24.6 Å². The molecule has 2 heterocycles. The largest absolute Gasteiger partial charge is 0.487 e. The molecule has 2 atom stereocenters. The number of nitrogens with zero attached hydrogens (tertiary/aromatic N) is 2. The molecule has 1 saturated carbocycles. The van der Waals surface area contributed by atoms with Gasteiger partial charge in [0.1, 0.15) is 17.2 Å². The van der Waals surface area contributed by atoms with Gasteiger partial charge >= 0.3 is 0 Å². The Bertz CT molecular complexity index is 1240. The molecular weight excluding hydrogens is 472 g/mol. The summed E-state index contributed by atoms with van der Waals surface area (Å²) in [5.74, 6) is -3.04. The number of carbonyl (C=O) groups is 2. The predicted octanol–water partition coefficient (Wildman–Crippen LogP) is 2.81. The molecule has 194 valence electrons. The molecule has 2 N–H and O–H groups in total. The van der Waals surface area contributed by atoms with Gasteiger partial charge in [-0.3, -0.25) is 14.4 Å². The quantitative estimate of drug-likeness (QED) is 0.513. The average molecular weight is 504 g/mol. The lowest BCUT2D eigenvalue weighted by Crippen LogP contribution is -2.52. The molecule has 1 aromatic heterocycles. The van der Waals surface area contributed by atoms with Crippen LogP contribution >= 0.6 is 0 Å². The monoisotopic (exact) mass is 503 g/mol. The van der Waals surface area contributed by atoms with Crippen molar-refractivity contribution in [2.24, 2.45) is 5.92 Å². The lowest BCUT2D eigenvalue weighted by molar-refractivity contribution is 0.0548. The summed E-state index contributed by atoms with van der Waals surface area (Å²) in [6.45, 7) is 5.87. The first-order chi connectivity index (χ1) is 17.1. The van der Waals surface area contributed by atoms with Crippen molar-refractivity contribution in [1.82, 2.24) is 14.8 Å². The minimum atomic E-state index is -0.817. The van der Waals surface area contributed by atoms with E-state index in [0.717, 1.165) is 12.5 Å². The number of rotatable bonds is 9. The molecule has 2 amide bonds. The summed E-state index contributed by atoms with van der Waals surface area (Å²) in [5, 5.41) is 12.4. The zero-order valence-electron chi connectivity index (χ0n) is 20.6. The van der Waals surface area contributed by atoms with E-state index in [0.29, 0.717) is 25.5 Å². The van der Waals surface area contributed by atoms with E-state index in [2.05, 4.69) is 5.32 Å². The Morgan fingerprint density at radius 3 is 2.67 bits per heavy atom. The molecule has 1 spiro atoms. The van der Waals surface area contributed by atoms with Crippen LogP contribution in [0.3, 0.4) is 0 Å². The first-order valence-corrected chi connectivity index (χ1v) is 12.2. The highest BCUT2D eigenvalue weighted by Crippen LogP contribution is 2.54. The molecule has 2 aliphatic rings. The molecule has 1 aromatic carbocycles. The zero-order chi connectivity index (χ0) is 26.2. The van der Waals surface area contributed by atoms with Gasteiger partial charge in [-0.1, -0.05) is 19.4 Å². The van der Waals surface area contributed by atoms with E-state index in [1.54, 1.807) is 9.47 Å². The van der Waals surface area contributed by atoms with Gasteiger partial charge in [-0.05, 0) is 32.8 Å². The van der Waals surface area contributed by atoms with E-state index in [1.807, 2.05) is 20.8 Å². The molecule has 0 bridgehead atoms. The Balaban J connectivity index is 1.77. The van der Waals surface area contributed by atoms with Crippen LogP contribution in [0.4, 0.5) is 8.78 Å². The number of fused-ring (bicyclic) bond motifs is 2. The maximum atomic E-state index is 14.0. The molecule has 0 saturated heterocycles. The van der Waals surface area contributed by atoms with Gasteiger partial charge in [0.25, 0.3) is 11.8 Å². The zero-order valence-corrected chi connectivity index (χ0v) is 20.6. The summed E-state index contributed by atoms with van der Waals surface area (Å²) in [6.07, 6.45) is 3.37. The number of benzene rings is 1. The van der Waals surface area contributed by atoms with Crippen LogP contribution in [0.5, 0.6) is 5.75 Å². The van der Waals surface area contributed by atoms with E-state index in [1.165, 1.54) is 12.3 Å².